The zero-order valence-corrected chi connectivity index (χ0v) is 12.7. The monoisotopic (exact) mass is 361 g/mol. The molecule has 0 spiro atoms. The van der Waals surface area contributed by atoms with Gasteiger partial charge in [-0.2, -0.15) is 0 Å². The topological polar surface area (TPSA) is 12.9 Å². The second kappa shape index (κ2) is 5.03. The molecule has 2 rings (SSSR count). The first kappa shape index (κ1) is 12.3. The zero-order chi connectivity index (χ0) is 11.7. The van der Waals surface area contributed by atoms with Crippen molar-refractivity contribution in [3.8, 4) is 0 Å². The van der Waals surface area contributed by atoms with Gasteiger partial charge in [0.25, 0.3) is 0 Å². The minimum Gasteiger partial charge on any atom is -0.241 e. The third kappa shape index (κ3) is 2.27. The molecule has 1 nitrogen and oxygen atoms in total. The normalized spacial score (nSPS) is 11.0. The van der Waals surface area contributed by atoms with E-state index in [0.29, 0.717) is 0 Å². The van der Waals surface area contributed by atoms with Crippen LogP contribution in [0.5, 0.6) is 0 Å². The molecule has 0 bridgehead atoms. The van der Waals surface area contributed by atoms with Crippen molar-refractivity contribution in [3.63, 3.8) is 0 Å². The lowest BCUT2D eigenvalue weighted by atomic mass is 10.1. The molecule has 0 aliphatic carbocycles. The Bertz CT molecular complexity index is 540. The van der Waals surface area contributed by atoms with Crippen LogP contribution in [0.15, 0.2) is 27.3 Å². The standard InChI is InChI=1S/C12H10Br2ClN/c1-2-3-8-11(13)9-6-7(15)4-5-10(9)16-12(8)14/h4-6H,2-3H2,1H3. The number of aromatic nitrogens is 1. The van der Waals surface area contributed by atoms with Gasteiger partial charge in [-0.05, 0) is 62.0 Å². The van der Waals surface area contributed by atoms with Gasteiger partial charge in [0.1, 0.15) is 4.60 Å². The van der Waals surface area contributed by atoms with Crippen molar-refractivity contribution in [1.29, 1.82) is 0 Å². The fourth-order valence-corrected chi connectivity index (χ4v) is 3.40. The lowest BCUT2D eigenvalue weighted by Gasteiger charge is -2.09. The lowest BCUT2D eigenvalue weighted by Crippen LogP contribution is -1.93. The quantitative estimate of drug-likeness (QED) is 0.654. The third-order valence-corrected chi connectivity index (χ3v) is 4.22. The summed E-state index contributed by atoms with van der Waals surface area (Å²) in [4.78, 5) is 4.52. The molecule has 84 valence electrons. The van der Waals surface area contributed by atoms with Crippen LogP contribution in [0.1, 0.15) is 18.9 Å². The summed E-state index contributed by atoms with van der Waals surface area (Å²) in [6, 6.07) is 5.73. The first-order valence-corrected chi connectivity index (χ1v) is 7.03. The molecule has 0 aliphatic rings. The Kier molecular flexibility index (Phi) is 3.88. The Morgan fingerprint density at radius 3 is 2.75 bits per heavy atom. The minimum absolute atomic E-state index is 0.736. The molecule has 0 unspecified atom stereocenters. The van der Waals surface area contributed by atoms with Crippen molar-refractivity contribution in [3.05, 3.63) is 37.9 Å². The van der Waals surface area contributed by atoms with Gasteiger partial charge >= 0.3 is 0 Å². The Balaban J connectivity index is 2.74. The number of pyridine rings is 1. The van der Waals surface area contributed by atoms with E-state index in [4.69, 9.17) is 11.6 Å². The summed E-state index contributed by atoms with van der Waals surface area (Å²) in [5.74, 6) is 0. The molecule has 0 saturated heterocycles. The molecule has 0 atom stereocenters. The fourth-order valence-electron chi connectivity index (χ4n) is 1.67. The summed E-state index contributed by atoms with van der Waals surface area (Å²) in [7, 11) is 0. The van der Waals surface area contributed by atoms with Crippen LogP contribution in [-0.2, 0) is 6.42 Å². The van der Waals surface area contributed by atoms with Gasteiger partial charge in [0, 0.05) is 14.9 Å². The van der Waals surface area contributed by atoms with Crippen LogP contribution in [0.3, 0.4) is 0 Å². The highest BCUT2D eigenvalue weighted by atomic mass is 79.9. The number of rotatable bonds is 2. The molecule has 0 fully saturated rings. The van der Waals surface area contributed by atoms with Crippen LogP contribution in [0.25, 0.3) is 10.9 Å². The number of hydrogen-bond donors (Lipinski definition) is 0. The van der Waals surface area contributed by atoms with Gasteiger partial charge in [-0.3, -0.25) is 0 Å². The molecule has 1 heterocycles. The van der Waals surface area contributed by atoms with E-state index in [0.717, 1.165) is 37.8 Å². The lowest BCUT2D eigenvalue weighted by molar-refractivity contribution is 0.905. The molecule has 2 aromatic rings. The van der Waals surface area contributed by atoms with E-state index in [-0.39, 0.29) is 0 Å². The predicted octanol–water partition coefficient (Wildman–Crippen LogP) is 5.37. The van der Waals surface area contributed by atoms with Gasteiger partial charge in [0.2, 0.25) is 0 Å². The van der Waals surface area contributed by atoms with Crippen molar-refractivity contribution in [2.75, 3.05) is 0 Å². The van der Waals surface area contributed by atoms with E-state index in [1.807, 2.05) is 18.2 Å². The average Bonchev–Trinajstić information content (AvgIpc) is 2.26. The van der Waals surface area contributed by atoms with E-state index < -0.39 is 0 Å². The first-order valence-electron chi connectivity index (χ1n) is 5.06. The van der Waals surface area contributed by atoms with E-state index in [9.17, 15) is 0 Å². The highest BCUT2D eigenvalue weighted by Gasteiger charge is 2.11. The molecule has 0 amide bonds. The van der Waals surface area contributed by atoms with Gasteiger partial charge in [-0.25, -0.2) is 4.98 Å². The van der Waals surface area contributed by atoms with Crippen LogP contribution in [0, 0.1) is 0 Å². The molecule has 0 aliphatic heterocycles. The molecule has 16 heavy (non-hydrogen) atoms. The van der Waals surface area contributed by atoms with Crippen LogP contribution in [0.4, 0.5) is 0 Å². The van der Waals surface area contributed by atoms with E-state index in [1.54, 1.807) is 0 Å². The summed E-state index contributed by atoms with van der Waals surface area (Å²) in [5, 5.41) is 1.80. The van der Waals surface area contributed by atoms with Gasteiger partial charge in [0.15, 0.2) is 0 Å². The predicted molar refractivity (Wildman–Crippen MR) is 76.1 cm³/mol. The van der Waals surface area contributed by atoms with Crippen LogP contribution < -0.4 is 0 Å². The summed E-state index contributed by atoms with van der Waals surface area (Å²) in [6.45, 7) is 2.15. The van der Waals surface area contributed by atoms with E-state index in [2.05, 4.69) is 43.8 Å². The summed E-state index contributed by atoms with van der Waals surface area (Å²) in [6.07, 6.45) is 2.08. The highest BCUT2D eigenvalue weighted by Crippen LogP contribution is 2.33. The Labute approximate surface area is 116 Å². The number of halogens is 3. The summed E-state index contributed by atoms with van der Waals surface area (Å²) < 4.78 is 2.00. The number of hydrogen-bond acceptors (Lipinski definition) is 1. The second-order valence-electron chi connectivity index (χ2n) is 3.61. The van der Waals surface area contributed by atoms with Gasteiger partial charge in [-0.15, -0.1) is 0 Å². The molecule has 0 radical (unpaired) electrons. The van der Waals surface area contributed by atoms with Gasteiger partial charge in [-0.1, -0.05) is 24.9 Å². The Morgan fingerprint density at radius 2 is 2.06 bits per heavy atom. The summed E-state index contributed by atoms with van der Waals surface area (Å²) in [5.41, 5.74) is 2.15. The number of nitrogens with zero attached hydrogens (tertiary/aromatic N) is 1. The molecule has 1 aromatic heterocycles. The third-order valence-electron chi connectivity index (χ3n) is 2.43. The zero-order valence-electron chi connectivity index (χ0n) is 8.73. The Morgan fingerprint density at radius 1 is 1.31 bits per heavy atom. The van der Waals surface area contributed by atoms with Crippen LogP contribution >= 0.6 is 43.5 Å². The van der Waals surface area contributed by atoms with E-state index >= 15 is 0 Å². The van der Waals surface area contributed by atoms with Gasteiger partial charge < -0.3 is 0 Å². The number of fused-ring (bicyclic) bond motifs is 1. The van der Waals surface area contributed by atoms with Crippen LogP contribution in [-0.4, -0.2) is 4.98 Å². The molecule has 1 aromatic carbocycles. The van der Waals surface area contributed by atoms with Gasteiger partial charge in [0.05, 0.1) is 5.52 Å². The first-order chi connectivity index (χ1) is 7.63. The molecule has 0 saturated carbocycles. The average molecular weight is 363 g/mol. The van der Waals surface area contributed by atoms with Crippen LogP contribution in [0.2, 0.25) is 5.02 Å². The minimum atomic E-state index is 0.736. The maximum Gasteiger partial charge on any atom is 0.111 e. The molecule has 0 N–H and O–H groups in total. The summed E-state index contributed by atoms with van der Waals surface area (Å²) >= 11 is 13.2. The Hall–Kier alpha value is -0.120. The maximum absolute atomic E-state index is 6.00. The van der Waals surface area contributed by atoms with Crippen molar-refractivity contribution < 1.29 is 0 Å². The molecular weight excluding hydrogens is 353 g/mol. The molecular formula is C12H10Br2ClN. The molecule has 4 heteroatoms. The fraction of sp³-hybridized carbons (Fsp3) is 0.250. The maximum atomic E-state index is 6.00. The number of benzene rings is 1. The highest BCUT2D eigenvalue weighted by molar-refractivity contribution is 9.11. The van der Waals surface area contributed by atoms with Crippen molar-refractivity contribution in [2.45, 2.75) is 19.8 Å². The van der Waals surface area contributed by atoms with Crippen molar-refractivity contribution >= 4 is 54.4 Å². The van der Waals surface area contributed by atoms with Crippen molar-refractivity contribution in [1.82, 2.24) is 4.98 Å². The smallest absolute Gasteiger partial charge is 0.111 e. The largest absolute Gasteiger partial charge is 0.241 e. The SMILES string of the molecule is CCCc1c(Br)nc2ccc(Cl)cc2c1Br. The van der Waals surface area contributed by atoms with E-state index in [1.165, 1.54) is 5.56 Å². The van der Waals surface area contributed by atoms with Crippen molar-refractivity contribution in [2.24, 2.45) is 0 Å². The second-order valence-corrected chi connectivity index (χ2v) is 5.59.